The van der Waals surface area contributed by atoms with Crippen molar-refractivity contribution in [3.05, 3.63) is 0 Å². The molecule has 2 amide bonds. The maximum absolute atomic E-state index is 12.3. The van der Waals surface area contributed by atoms with Gasteiger partial charge in [0.05, 0.1) is 0 Å². The molecular formula is C15H26N2O3. The second-order valence-corrected chi connectivity index (χ2v) is 6.64. The Hall–Kier alpha value is -1.26. The number of nitrogens with one attached hydrogen (secondary N) is 1. The lowest BCUT2D eigenvalue weighted by atomic mass is 9.89. The summed E-state index contributed by atoms with van der Waals surface area (Å²) in [4.78, 5) is 24.8. The number of carbonyl (C=O) groups is 2. The van der Waals surface area contributed by atoms with Crippen LogP contribution in [-0.2, 0) is 4.79 Å². The van der Waals surface area contributed by atoms with Gasteiger partial charge in [-0.2, -0.15) is 0 Å². The molecule has 114 valence electrons. The summed E-state index contributed by atoms with van der Waals surface area (Å²) >= 11 is 0. The minimum atomic E-state index is -0.931. The lowest BCUT2D eigenvalue weighted by Gasteiger charge is -2.30. The van der Waals surface area contributed by atoms with E-state index in [9.17, 15) is 9.59 Å². The Bertz CT molecular complexity index is 358. The highest BCUT2D eigenvalue weighted by molar-refractivity contribution is 5.80. The number of nitrogens with zero attached hydrogens (tertiary/aromatic N) is 1. The van der Waals surface area contributed by atoms with Crippen LogP contribution in [0.4, 0.5) is 4.79 Å². The van der Waals surface area contributed by atoms with Crippen LogP contribution < -0.4 is 5.32 Å². The van der Waals surface area contributed by atoms with Gasteiger partial charge >= 0.3 is 12.0 Å². The molecule has 0 aromatic carbocycles. The molecule has 20 heavy (non-hydrogen) atoms. The number of rotatable bonds is 5. The van der Waals surface area contributed by atoms with E-state index in [1.807, 2.05) is 0 Å². The third kappa shape index (κ3) is 3.87. The standard InChI is InChI=1S/C15H26N2O3/c1-15(8-4-5-9-15)11-16-14(20)17(10-13(18)19)12-6-2-3-7-12/h12H,2-11H2,1H3,(H,16,20)(H,18,19). The van der Waals surface area contributed by atoms with Gasteiger partial charge < -0.3 is 15.3 Å². The summed E-state index contributed by atoms with van der Waals surface area (Å²) in [6.45, 7) is 2.68. The maximum atomic E-state index is 12.3. The summed E-state index contributed by atoms with van der Waals surface area (Å²) in [5, 5.41) is 12.0. The quantitative estimate of drug-likeness (QED) is 0.814. The number of aliphatic carboxylic acids is 1. The Morgan fingerprint density at radius 3 is 2.35 bits per heavy atom. The fraction of sp³-hybridized carbons (Fsp3) is 0.867. The number of hydrogen-bond donors (Lipinski definition) is 2. The first-order chi connectivity index (χ1) is 9.50. The number of carbonyl (C=O) groups excluding carboxylic acids is 1. The minimum Gasteiger partial charge on any atom is -0.480 e. The van der Waals surface area contributed by atoms with Crippen molar-refractivity contribution in [2.45, 2.75) is 64.3 Å². The lowest BCUT2D eigenvalue weighted by molar-refractivity contribution is -0.138. The van der Waals surface area contributed by atoms with E-state index in [4.69, 9.17) is 5.11 Å². The number of carboxylic acids is 1. The largest absolute Gasteiger partial charge is 0.480 e. The third-order valence-electron chi connectivity index (χ3n) is 4.81. The molecule has 0 spiro atoms. The molecule has 5 nitrogen and oxygen atoms in total. The molecule has 0 bridgehead atoms. The molecule has 2 aliphatic carbocycles. The van der Waals surface area contributed by atoms with Crippen molar-refractivity contribution >= 4 is 12.0 Å². The molecule has 0 aromatic heterocycles. The van der Waals surface area contributed by atoms with Crippen LogP contribution >= 0.6 is 0 Å². The summed E-state index contributed by atoms with van der Waals surface area (Å²) in [6, 6.07) is -0.102. The molecular weight excluding hydrogens is 256 g/mol. The van der Waals surface area contributed by atoms with E-state index in [2.05, 4.69) is 12.2 Å². The van der Waals surface area contributed by atoms with E-state index in [-0.39, 0.29) is 24.0 Å². The van der Waals surface area contributed by atoms with Crippen molar-refractivity contribution in [1.82, 2.24) is 10.2 Å². The molecule has 0 radical (unpaired) electrons. The van der Waals surface area contributed by atoms with Gasteiger partial charge in [-0.3, -0.25) is 4.79 Å². The SMILES string of the molecule is CC1(CNC(=O)N(CC(=O)O)C2CCCC2)CCCC1. The van der Waals surface area contributed by atoms with Crippen LogP contribution in [-0.4, -0.2) is 41.1 Å². The van der Waals surface area contributed by atoms with Crippen LogP contribution in [0, 0.1) is 5.41 Å². The van der Waals surface area contributed by atoms with E-state index in [0.29, 0.717) is 6.54 Å². The summed E-state index contributed by atoms with van der Waals surface area (Å²) in [5.41, 5.74) is 0.195. The first-order valence-corrected chi connectivity index (χ1v) is 7.76. The molecule has 2 aliphatic rings. The third-order valence-corrected chi connectivity index (χ3v) is 4.81. The smallest absolute Gasteiger partial charge is 0.323 e. The lowest BCUT2D eigenvalue weighted by Crippen LogP contribution is -2.49. The molecule has 5 heteroatoms. The second kappa shape index (κ2) is 6.46. The van der Waals surface area contributed by atoms with Gasteiger partial charge in [0.25, 0.3) is 0 Å². The van der Waals surface area contributed by atoms with Crippen LogP contribution in [0.15, 0.2) is 0 Å². The van der Waals surface area contributed by atoms with E-state index >= 15 is 0 Å². The average molecular weight is 282 g/mol. The average Bonchev–Trinajstić information content (AvgIpc) is 3.05. The van der Waals surface area contributed by atoms with Gasteiger partial charge in [0.2, 0.25) is 0 Å². The normalized spacial score (nSPS) is 21.9. The second-order valence-electron chi connectivity index (χ2n) is 6.64. The zero-order valence-electron chi connectivity index (χ0n) is 12.4. The Morgan fingerprint density at radius 2 is 1.80 bits per heavy atom. The number of urea groups is 1. The topological polar surface area (TPSA) is 69.6 Å². The van der Waals surface area contributed by atoms with Gasteiger partial charge in [0.1, 0.15) is 6.54 Å². The zero-order valence-corrected chi connectivity index (χ0v) is 12.4. The van der Waals surface area contributed by atoms with E-state index in [0.717, 1.165) is 38.5 Å². The van der Waals surface area contributed by atoms with Crippen molar-refractivity contribution in [2.24, 2.45) is 5.41 Å². The van der Waals surface area contributed by atoms with E-state index < -0.39 is 5.97 Å². The van der Waals surface area contributed by atoms with E-state index in [1.54, 1.807) is 0 Å². The number of amides is 2. The molecule has 0 unspecified atom stereocenters. The van der Waals surface area contributed by atoms with Gasteiger partial charge in [-0.15, -0.1) is 0 Å². The zero-order chi connectivity index (χ0) is 14.6. The Kier molecular flexibility index (Phi) is 4.89. The molecule has 0 aliphatic heterocycles. The van der Waals surface area contributed by atoms with Crippen molar-refractivity contribution in [3.63, 3.8) is 0 Å². The number of carboxylic acid groups (broad SMARTS) is 1. The molecule has 0 atom stereocenters. The van der Waals surface area contributed by atoms with Crippen LogP contribution in [0.3, 0.4) is 0 Å². The summed E-state index contributed by atoms with van der Waals surface area (Å²) in [7, 11) is 0. The molecule has 2 rings (SSSR count). The van der Waals surface area contributed by atoms with Crippen LogP contribution in [0.5, 0.6) is 0 Å². The highest BCUT2D eigenvalue weighted by Crippen LogP contribution is 2.36. The molecule has 0 aromatic rings. The van der Waals surface area contributed by atoms with Gasteiger partial charge in [0, 0.05) is 12.6 Å². The number of hydrogen-bond acceptors (Lipinski definition) is 2. The minimum absolute atomic E-state index is 0.0995. The molecule has 2 saturated carbocycles. The predicted molar refractivity (Wildman–Crippen MR) is 76.6 cm³/mol. The fourth-order valence-corrected chi connectivity index (χ4v) is 3.52. The van der Waals surface area contributed by atoms with Gasteiger partial charge in [-0.1, -0.05) is 32.6 Å². The summed E-state index contributed by atoms with van der Waals surface area (Å²) < 4.78 is 0. The van der Waals surface area contributed by atoms with E-state index in [1.165, 1.54) is 17.7 Å². The molecule has 0 heterocycles. The highest BCUT2D eigenvalue weighted by Gasteiger charge is 2.32. The highest BCUT2D eigenvalue weighted by atomic mass is 16.4. The van der Waals surface area contributed by atoms with Crippen LogP contribution in [0.1, 0.15) is 58.3 Å². The van der Waals surface area contributed by atoms with Crippen molar-refractivity contribution in [1.29, 1.82) is 0 Å². The molecule has 2 fully saturated rings. The van der Waals surface area contributed by atoms with Crippen molar-refractivity contribution < 1.29 is 14.7 Å². The van der Waals surface area contributed by atoms with Gasteiger partial charge in [-0.05, 0) is 31.1 Å². The predicted octanol–water partition coefficient (Wildman–Crippen LogP) is 2.61. The van der Waals surface area contributed by atoms with Crippen molar-refractivity contribution in [3.8, 4) is 0 Å². The first kappa shape index (κ1) is 15.1. The summed E-state index contributed by atoms with van der Waals surface area (Å²) in [5.74, 6) is -0.931. The summed E-state index contributed by atoms with van der Waals surface area (Å²) in [6.07, 6.45) is 8.79. The molecule has 0 saturated heterocycles. The molecule has 2 N–H and O–H groups in total. The van der Waals surface area contributed by atoms with Crippen LogP contribution in [0.2, 0.25) is 0 Å². The maximum Gasteiger partial charge on any atom is 0.323 e. The Labute approximate surface area is 120 Å². The first-order valence-electron chi connectivity index (χ1n) is 7.76. The van der Waals surface area contributed by atoms with Gasteiger partial charge in [-0.25, -0.2) is 4.79 Å². The monoisotopic (exact) mass is 282 g/mol. The van der Waals surface area contributed by atoms with Crippen LogP contribution in [0.25, 0.3) is 0 Å². The Balaban J connectivity index is 1.90. The fourth-order valence-electron chi connectivity index (χ4n) is 3.52. The van der Waals surface area contributed by atoms with Gasteiger partial charge in [0.15, 0.2) is 0 Å². The Morgan fingerprint density at radius 1 is 1.20 bits per heavy atom. The van der Waals surface area contributed by atoms with Crippen molar-refractivity contribution in [2.75, 3.05) is 13.1 Å².